The van der Waals surface area contributed by atoms with Crippen molar-refractivity contribution in [3.05, 3.63) is 15.8 Å². The van der Waals surface area contributed by atoms with Gasteiger partial charge in [-0.15, -0.1) is 11.3 Å². The monoisotopic (exact) mass is 291 g/mol. The molecule has 0 spiro atoms. The second kappa shape index (κ2) is 5.69. The zero-order chi connectivity index (χ0) is 14.1. The van der Waals surface area contributed by atoms with Crippen molar-refractivity contribution < 1.29 is 13.5 Å². The van der Waals surface area contributed by atoms with E-state index in [-0.39, 0.29) is 18.6 Å². The van der Waals surface area contributed by atoms with Crippen LogP contribution in [0.3, 0.4) is 0 Å². The molecule has 0 radical (unpaired) electrons. The summed E-state index contributed by atoms with van der Waals surface area (Å²) in [5.74, 6) is 0.251. The van der Waals surface area contributed by atoms with Gasteiger partial charge in [-0.3, -0.25) is 0 Å². The average molecular weight is 291 g/mol. The largest absolute Gasteiger partial charge is 0.391 e. The molecule has 1 rings (SSSR count). The van der Waals surface area contributed by atoms with E-state index in [1.54, 1.807) is 20.0 Å². The molecule has 1 heterocycles. The summed E-state index contributed by atoms with van der Waals surface area (Å²) in [6, 6.07) is 1.51. The lowest BCUT2D eigenvalue weighted by molar-refractivity contribution is 0.285. The Labute approximate surface area is 113 Å². The number of hydrogen-bond donors (Lipinski definition) is 1. The Balaban J connectivity index is 3.17. The van der Waals surface area contributed by atoms with Gasteiger partial charge in [-0.1, -0.05) is 13.8 Å². The highest BCUT2D eigenvalue weighted by atomic mass is 32.2. The molecule has 1 aromatic rings. The summed E-state index contributed by atoms with van der Waals surface area (Å²) in [4.78, 5) is 1.71. The third-order valence-electron chi connectivity index (χ3n) is 3.27. The van der Waals surface area contributed by atoms with E-state index >= 15 is 0 Å². The third-order valence-corrected chi connectivity index (χ3v) is 6.51. The molecule has 0 fully saturated rings. The second-order valence-electron chi connectivity index (χ2n) is 4.80. The van der Waals surface area contributed by atoms with Crippen LogP contribution in [0.1, 0.15) is 30.5 Å². The van der Waals surface area contributed by atoms with Crippen molar-refractivity contribution >= 4 is 21.4 Å². The van der Waals surface area contributed by atoms with Gasteiger partial charge in [-0.05, 0) is 25.8 Å². The van der Waals surface area contributed by atoms with Crippen LogP contribution in [0.5, 0.6) is 0 Å². The van der Waals surface area contributed by atoms with Gasteiger partial charge in [0, 0.05) is 22.8 Å². The van der Waals surface area contributed by atoms with Crippen molar-refractivity contribution in [2.75, 3.05) is 7.05 Å². The fraction of sp³-hybridized carbons (Fsp3) is 0.667. The van der Waals surface area contributed by atoms with Crippen LogP contribution >= 0.6 is 11.3 Å². The van der Waals surface area contributed by atoms with Crippen LogP contribution in [-0.4, -0.2) is 30.9 Å². The lowest BCUT2D eigenvalue weighted by Gasteiger charge is -2.27. The molecular formula is C12H21NO3S2. The Morgan fingerprint density at radius 3 is 2.33 bits per heavy atom. The summed E-state index contributed by atoms with van der Waals surface area (Å²) < 4.78 is 26.4. The van der Waals surface area contributed by atoms with Crippen molar-refractivity contribution in [2.24, 2.45) is 5.92 Å². The number of aryl methyl sites for hydroxylation is 1. The molecule has 18 heavy (non-hydrogen) atoms. The van der Waals surface area contributed by atoms with Crippen molar-refractivity contribution in [1.29, 1.82) is 0 Å². The lowest BCUT2D eigenvalue weighted by Crippen LogP contribution is -2.38. The van der Waals surface area contributed by atoms with Gasteiger partial charge in [0.25, 0.3) is 0 Å². The molecule has 104 valence electrons. The van der Waals surface area contributed by atoms with Crippen LogP contribution in [0.4, 0.5) is 0 Å². The standard InChI is InChI=1S/C12H21NO3S2/c1-8(2)9(3)13(5)18(15,16)12-6-11(7-14)17-10(12)4/h6,8-9,14H,7H2,1-5H3. The summed E-state index contributed by atoms with van der Waals surface area (Å²) in [6.07, 6.45) is 0. The van der Waals surface area contributed by atoms with Gasteiger partial charge in [0.15, 0.2) is 0 Å². The van der Waals surface area contributed by atoms with Crippen LogP contribution < -0.4 is 0 Å². The van der Waals surface area contributed by atoms with E-state index in [9.17, 15) is 8.42 Å². The highest BCUT2D eigenvalue weighted by Crippen LogP contribution is 2.29. The Morgan fingerprint density at radius 2 is 1.94 bits per heavy atom. The van der Waals surface area contributed by atoms with Gasteiger partial charge in [-0.2, -0.15) is 4.31 Å². The van der Waals surface area contributed by atoms with E-state index < -0.39 is 10.0 Å². The Morgan fingerprint density at radius 1 is 1.39 bits per heavy atom. The predicted molar refractivity (Wildman–Crippen MR) is 74.2 cm³/mol. The molecule has 0 aliphatic heterocycles. The topological polar surface area (TPSA) is 57.6 Å². The van der Waals surface area contributed by atoms with E-state index in [0.717, 1.165) is 4.88 Å². The zero-order valence-corrected chi connectivity index (χ0v) is 13.1. The van der Waals surface area contributed by atoms with E-state index in [0.29, 0.717) is 9.77 Å². The first-order chi connectivity index (χ1) is 8.21. The summed E-state index contributed by atoms with van der Waals surface area (Å²) in [5, 5.41) is 9.08. The Kier molecular flexibility index (Phi) is 4.94. The molecule has 0 aromatic carbocycles. The summed E-state index contributed by atoms with van der Waals surface area (Å²) in [5.41, 5.74) is 0. The average Bonchev–Trinajstić information content (AvgIpc) is 2.69. The molecule has 1 aromatic heterocycles. The van der Waals surface area contributed by atoms with Crippen LogP contribution in [0.25, 0.3) is 0 Å². The van der Waals surface area contributed by atoms with E-state index in [2.05, 4.69) is 0 Å². The van der Waals surface area contributed by atoms with Crippen LogP contribution in [-0.2, 0) is 16.6 Å². The van der Waals surface area contributed by atoms with Crippen molar-refractivity contribution in [3.63, 3.8) is 0 Å². The number of sulfonamides is 1. The molecule has 0 bridgehead atoms. The number of rotatable bonds is 5. The highest BCUT2D eigenvalue weighted by Gasteiger charge is 2.29. The molecule has 0 saturated carbocycles. The number of hydrogen-bond acceptors (Lipinski definition) is 4. The number of thiophene rings is 1. The van der Waals surface area contributed by atoms with Crippen LogP contribution in [0.2, 0.25) is 0 Å². The zero-order valence-electron chi connectivity index (χ0n) is 11.5. The van der Waals surface area contributed by atoms with Gasteiger partial charge in [-0.25, -0.2) is 8.42 Å². The van der Waals surface area contributed by atoms with Crippen LogP contribution in [0, 0.1) is 12.8 Å². The smallest absolute Gasteiger partial charge is 0.244 e. The van der Waals surface area contributed by atoms with Crippen molar-refractivity contribution in [1.82, 2.24) is 4.31 Å². The minimum absolute atomic E-state index is 0.0631. The maximum absolute atomic E-state index is 12.5. The maximum atomic E-state index is 12.5. The molecule has 4 nitrogen and oxygen atoms in total. The number of nitrogens with zero attached hydrogens (tertiary/aromatic N) is 1. The molecule has 1 atom stereocenters. The first-order valence-corrected chi connectivity index (χ1v) is 8.15. The minimum atomic E-state index is -3.47. The molecule has 0 aliphatic carbocycles. The fourth-order valence-corrected chi connectivity index (χ4v) is 4.61. The summed E-state index contributed by atoms with van der Waals surface area (Å²) in [7, 11) is -1.86. The van der Waals surface area contributed by atoms with E-state index in [1.165, 1.54) is 15.6 Å². The third kappa shape index (κ3) is 2.93. The molecule has 0 aliphatic rings. The Bertz CT molecular complexity index is 505. The van der Waals surface area contributed by atoms with Gasteiger partial charge in [0.1, 0.15) is 0 Å². The van der Waals surface area contributed by atoms with E-state index in [1.807, 2.05) is 20.8 Å². The van der Waals surface area contributed by atoms with Gasteiger partial charge in [0.05, 0.1) is 11.5 Å². The van der Waals surface area contributed by atoms with Gasteiger partial charge >= 0.3 is 0 Å². The SMILES string of the molecule is Cc1sc(CO)cc1S(=O)(=O)N(C)C(C)C(C)C. The van der Waals surface area contributed by atoms with Crippen molar-refractivity contribution in [3.8, 4) is 0 Å². The maximum Gasteiger partial charge on any atom is 0.244 e. The first-order valence-electron chi connectivity index (χ1n) is 5.90. The van der Waals surface area contributed by atoms with Gasteiger partial charge < -0.3 is 5.11 Å². The quantitative estimate of drug-likeness (QED) is 0.905. The summed E-state index contributed by atoms with van der Waals surface area (Å²) in [6.45, 7) is 7.54. The fourth-order valence-electron chi connectivity index (χ4n) is 1.65. The first kappa shape index (κ1) is 15.6. The molecule has 1 unspecified atom stereocenters. The second-order valence-corrected chi connectivity index (χ2v) is 8.10. The number of aliphatic hydroxyl groups excluding tert-OH is 1. The minimum Gasteiger partial charge on any atom is -0.391 e. The van der Waals surface area contributed by atoms with E-state index in [4.69, 9.17) is 5.11 Å². The van der Waals surface area contributed by atoms with Gasteiger partial charge in [0.2, 0.25) is 10.0 Å². The highest BCUT2D eigenvalue weighted by molar-refractivity contribution is 7.89. The molecule has 1 N–H and O–H groups in total. The molecular weight excluding hydrogens is 270 g/mol. The molecule has 0 amide bonds. The predicted octanol–water partition coefficient (Wildman–Crippen LogP) is 2.21. The van der Waals surface area contributed by atoms with Crippen molar-refractivity contribution in [2.45, 2.75) is 45.2 Å². The Hall–Kier alpha value is -0.430. The number of aliphatic hydroxyl groups is 1. The normalized spacial score (nSPS) is 14.4. The molecule has 6 heteroatoms. The molecule has 0 saturated heterocycles. The lowest BCUT2D eigenvalue weighted by atomic mass is 10.1. The summed E-state index contributed by atoms with van der Waals surface area (Å²) >= 11 is 1.32. The van der Waals surface area contributed by atoms with Crippen LogP contribution in [0.15, 0.2) is 11.0 Å².